The maximum absolute atomic E-state index is 14.9. The third-order valence-corrected chi connectivity index (χ3v) is 6.72. The van der Waals surface area contributed by atoms with Gasteiger partial charge in [0.1, 0.15) is 29.1 Å². The fraction of sp³-hybridized carbons (Fsp3) is 0.0769. The maximum atomic E-state index is 14.9. The number of nitriles is 2. The second kappa shape index (κ2) is 10.7. The SMILES string of the molecule is N#CC(=C1/C(=C(\N)c2c(F)c(F)c(N)c(F)c2F)C1C(N)c1c(F)c(F)c(C#N)c(F)c1F)c1c(F)c(F)c(N)c(F)c1F. The molecule has 0 aromatic heterocycles. The molecule has 0 radical (unpaired) electrons. The van der Waals surface area contributed by atoms with Crippen molar-refractivity contribution in [1.29, 1.82) is 10.5 Å². The number of rotatable bonds is 4. The van der Waals surface area contributed by atoms with Gasteiger partial charge in [-0.1, -0.05) is 0 Å². The Kier molecular flexibility index (Phi) is 7.70. The maximum Gasteiger partial charge on any atom is 0.185 e. The third kappa shape index (κ3) is 4.25. The normalized spacial score (nSPS) is 17.2. The van der Waals surface area contributed by atoms with Gasteiger partial charge in [0.15, 0.2) is 69.8 Å². The van der Waals surface area contributed by atoms with E-state index in [0.29, 0.717) is 0 Å². The van der Waals surface area contributed by atoms with Crippen LogP contribution in [0.4, 0.5) is 64.1 Å². The van der Waals surface area contributed by atoms with Gasteiger partial charge in [0.05, 0.1) is 16.7 Å². The van der Waals surface area contributed by atoms with Crippen LogP contribution in [-0.4, -0.2) is 0 Å². The Labute approximate surface area is 236 Å². The minimum absolute atomic E-state index is 0.836. The van der Waals surface area contributed by atoms with Crippen molar-refractivity contribution < 1.29 is 52.7 Å². The zero-order valence-corrected chi connectivity index (χ0v) is 20.9. The van der Waals surface area contributed by atoms with Crippen LogP contribution in [0.3, 0.4) is 0 Å². The highest BCUT2D eigenvalue weighted by atomic mass is 19.2. The van der Waals surface area contributed by atoms with Crippen LogP contribution in [-0.2, 0) is 0 Å². The monoisotopic (exact) mass is 634 g/mol. The Balaban J connectivity index is 2.16. The van der Waals surface area contributed by atoms with E-state index in [2.05, 4.69) is 0 Å². The van der Waals surface area contributed by atoms with Gasteiger partial charge in [-0.2, -0.15) is 10.5 Å². The molecule has 4 rings (SSSR count). The number of nitrogens with two attached hydrogens (primary N) is 4. The van der Waals surface area contributed by atoms with Gasteiger partial charge in [-0.05, 0) is 11.1 Å². The highest BCUT2D eigenvalue weighted by Crippen LogP contribution is 2.58. The molecule has 0 spiro atoms. The topological polar surface area (TPSA) is 152 Å². The van der Waals surface area contributed by atoms with Crippen molar-refractivity contribution in [2.75, 3.05) is 11.5 Å². The Morgan fingerprint density at radius 3 is 1.32 bits per heavy atom. The zero-order valence-electron chi connectivity index (χ0n) is 20.9. The first kappa shape index (κ1) is 31.6. The molecule has 0 bridgehead atoms. The van der Waals surface area contributed by atoms with E-state index in [1.165, 1.54) is 0 Å². The molecule has 18 heteroatoms. The largest absolute Gasteiger partial charge is 0.398 e. The van der Waals surface area contributed by atoms with Crippen LogP contribution < -0.4 is 22.9 Å². The van der Waals surface area contributed by atoms with Crippen LogP contribution in [0.1, 0.15) is 28.3 Å². The molecule has 0 aliphatic heterocycles. The molecule has 228 valence electrons. The van der Waals surface area contributed by atoms with Gasteiger partial charge >= 0.3 is 0 Å². The molecule has 3 aromatic rings. The first-order valence-electron chi connectivity index (χ1n) is 11.4. The first-order valence-corrected chi connectivity index (χ1v) is 11.4. The van der Waals surface area contributed by atoms with Gasteiger partial charge in [-0.3, -0.25) is 0 Å². The Hall–Kier alpha value is -5.36. The zero-order chi connectivity index (χ0) is 33.3. The van der Waals surface area contributed by atoms with E-state index in [1.807, 2.05) is 0 Å². The van der Waals surface area contributed by atoms with Crippen molar-refractivity contribution in [3.8, 4) is 12.1 Å². The fourth-order valence-electron chi connectivity index (χ4n) is 4.55. The summed E-state index contributed by atoms with van der Waals surface area (Å²) in [6, 6.07) is -0.645. The number of anilines is 2. The number of hydrogen-bond donors (Lipinski definition) is 4. The van der Waals surface area contributed by atoms with Crippen molar-refractivity contribution in [2.24, 2.45) is 17.4 Å². The second-order valence-corrected chi connectivity index (χ2v) is 8.98. The summed E-state index contributed by atoms with van der Waals surface area (Å²) in [5, 5.41) is 18.5. The molecule has 2 unspecified atom stereocenters. The third-order valence-electron chi connectivity index (χ3n) is 6.72. The van der Waals surface area contributed by atoms with E-state index in [0.717, 1.165) is 12.1 Å². The second-order valence-electron chi connectivity index (χ2n) is 8.98. The molecule has 6 nitrogen and oxygen atoms in total. The lowest BCUT2D eigenvalue weighted by Gasteiger charge is -2.15. The summed E-state index contributed by atoms with van der Waals surface area (Å²) in [4.78, 5) is 0. The van der Waals surface area contributed by atoms with E-state index in [9.17, 15) is 57.9 Å². The number of nitrogen functional groups attached to an aromatic ring is 2. The lowest BCUT2D eigenvalue weighted by Crippen LogP contribution is -2.20. The van der Waals surface area contributed by atoms with Crippen LogP contribution in [0.2, 0.25) is 0 Å². The molecule has 2 atom stereocenters. The standard InChI is InChI=1S/C26H10F12N6/c27-11-4(2-40)12(28)16(32)9(15(11)31)23(41)7-5(3(1-39)6-13(29)19(35)25(43)20(36)14(6)30)8(7)24(42)10-17(33)21(37)26(44)22(38)18(10)34/h7,23H,41-44H2/b5-3?,24-8+. The first-order chi connectivity index (χ1) is 20.5. The van der Waals surface area contributed by atoms with Gasteiger partial charge in [0, 0.05) is 23.2 Å². The van der Waals surface area contributed by atoms with E-state index < -0.39 is 138 Å². The average Bonchev–Trinajstić information content (AvgIpc) is 3.73. The van der Waals surface area contributed by atoms with Crippen LogP contribution in [0.25, 0.3) is 11.3 Å². The number of benzene rings is 3. The van der Waals surface area contributed by atoms with E-state index in [-0.39, 0.29) is 0 Å². The van der Waals surface area contributed by atoms with Gasteiger partial charge in [0.2, 0.25) is 0 Å². The van der Waals surface area contributed by atoms with E-state index >= 15 is 0 Å². The number of nitrogens with zero attached hydrogens (tertiary/aromatic N) is 2. The Morgan fingerprint density at radius 2 is 0.955 bits per heavy atom. The Bertz CT molecular complexity index is 1880. The summed E-state index contributed by atoms with van der Waals surface area (Å²) in [5.74, 6) is -29.7. The summed E-state index contributed by atoms with van der Waals surface area (Å²) >= 11 is 0. The molecule has 0 heterocycles. The smallest absolute Gasteiger partial charge is 0.185 e. The van der Waals surface area contributed by atoms with Crippen LogP contribution in [0.15, 0.2) is 11.1 Å². The summed E-state index contributed by atoms with van der Waals surface area (Å²) in [6.45, 7) is 0. The van der Waals surface area contributed by atoms with Crippen molar-refractivity contribution in [1.82, 2.24) is 0 Å². The Morgan fingerprint density at radius 1 is 0.568 bits per heavy atom. The summed E-state index contributed by atoms with van der Waals surface area (Å²) in [7, 11) is 0. The summed E-state index contributed by atoms with van der Waals surface area (Å²) in [6.07, 6.45) is 0. The van der Waals surface area contributed by atoms with Crippen LogP contribution in [0.5, 0.6) is 0 Å². The number of hydrogen-bond acceptors (Lipinski definition) is 6. The lowest BCUT2D eigenvalue weighted by molar-refractivity contribution is 0.419. The van der Waals surface area contributed by atoms with Crippen molar-refractivity contribution in [2.45, 2.75) is 6.04 Å². The molecule has 1 saturated carbocycles. The minimum Gasteiger partial charge on any atom is -0.398 e. The number of halogens is 12. The van der Waals surface area contributed by atoms with Crippen LogP contribution in [0, 0.1) is 98.4 Å². The number of allylic oxidation sites excluding steroid dienone is 1. The predicted octanol–water partition coefficient (Wildman–Crippen LogP) is 5.37. The summed E-state index contributed by atoms with van der Waals surface area (Å²) < 4.78 is 175. The molecule has 3 aromatic carbocycles. The van der Waals surface area contributed by atoms with Gasteiger partial charge in [0.25, 0.3) is 0 Å². The molecular formula is C26H10F12N6. The van der Waals surface area contributed by atoms with Crippen molar-refractivity contribution in [3.63, 3.8) is 0 Å². The van der Waals surface area contributed by atoms with Crippen molar-refractivity contribution >= 4 is 22.6 Å². The van der Waals surface area contributed by atoms with E-state index in [1.54, 1.807) is 0 Å². The molecule has 0 amide bonds. The molecule has 1 fully saturated rings. The molecule has 0 saturated heterocycles. The molecule has 44 heavy (non-hydrogen) atoms. The highest BCUT2D eigenvalue weighted by Gasteiger charge is 2.51. The fourth-order valence-corrected chi connectivity index (χ4v) is 4.55. The van der Waals surface area contributed by atoms with Gasteiger partial charge < -0.3 is 22.9 Å². The molecule has 1 aliphatic carbocycles. The minimum atomic E-state index is -2.57. The van der Waals surface area contributed by atoms with E-state index in [4.69, 9.17) is 28.2 Å². The molecule has 8 N–H and O–H groups in total. The van der Waals surface area contributed by atoms with Crippen LogP contribution >= 0.6 is 0 Å². The average molecular weight is 634 g/mol. The van der Waals surface area contributed by atoms with Gasteiger partial charge in [-0.25, -0.2) is 52.7 Å². The molecule has 1 aliphatic rings. The quantitative estimate of drug-likeness (QED) is 0.131. The van der Waals surface area contributed by atoms with Crippen molar-refractivity contribution in [3.05, 3.63) is 103 Å². The summed E-state index contributed by atoms with van der Waals surface area (Å²) in [5.41, 5.74) is 5.62. The highest BCUT2D eigenvalue weighted by molar-refractivity contribution is 5.94. The van der Waals surface area contributed by atoms with Gasteiger partial charge in [-0.15, -0.1) is 0 Å². The molecular weight excluding hydrogens is 624 g/mol. The predicted molar refractivity (Wildman–Crippen MR) is 126 cm³/mol. The lowest BCUT2D eigenvalue weighted by atomic mass is 9.96.